The molecule has 5 nitrogen and oxygen atoms in total. The molecule has 0 saturated heterocycles. The summed E-state index contributed by atoms with van der Waals surface area (Å²) in [6, 6.07) is 52.5. The minimum atomic E-state index is 0.609. The fourth-order valence-electron chi connectivity index (χ4n) is 7.57. The quantitative estimate of drug-likeness (QED) is 0.188. The summed E-state index contributed by atoms with van der Waals surface area (Å²) >= 11 is 0. The number of rotatable bonds is 2. The highest BCUT2D eigenvalue weighted by atomic mass is 16.3. The topological polar surface area (TPSA) is 65.0 Å². The highest BCUT2D eigenvalue weighted by Gasteiger charge is 2.16. The average molecular weight is 640 g/mol. The van der Waals surface area contributed by atoms with Gasteiger partial charge in [0.15, 0.2) is 17.1 Å². The Labute approximate surface area is 284 Å². The molecule has 7 aromatic carbocycles. The van der Waals surface area contributed by atoms with Gasteiger partial charge in [-0.1, -0.05) is 109 Å². The van der Waals surface area contributed by atoms with E-state index in [1.807, 2.05) is 60.7 Å². The molecule has 0 spiro atoms. The normalized spacial score (nSPS) is 12.0. The van der Waals surface area contributed by atoms with E-state index >= 15 is 0 Å². The van der Waals surface area contributed by atoms with Gasteiger partial charge < -0.3 is 8.83 Å². The van der Waals surface area contributed by atoms with Gasteiger partial charge in [0.2, 0.25) is 0 Å². The number of benzene rings is 7. The molecule has 50 heavy (non-hydrogen) atoms. The van der Waals surface area contributed by atoms with Crippen LogP contribution in [0.15, 0.2) is 160 Å². The van der Waals surface area contributed by atoms with E-state index in [0.717, 1.165) is 92.9 Å². The molecule has 11 rings (SSSR count). The zero-order chi connectivity index (χ0) is 32.8. The smallest absolute Gasteiger partial charge is 0.164 e. The molecule has 11 aromatic rings. The van der Waals surface area contributed by atoms with Gasteiger partial charge in [0.05, 0.1) is 0 Å². The molecule has 0 saturated carbocycles. The lowest BCUT2D eigenvalue weighted by atomic mass is 9.95. The Morgan fingerprint density at radius 1 is 0.340 bits per heavy atom. The summed E-state index contributed by atoms with van der Waals surface area (Å²) in [6.07, 6.45) is 0. The maximum absolute atomic E-state index is 6.43. The Balaban J connectivity index is 1.32. The second kappa shape index (κ2) is 10.3. The largest absolute Gasteiger partial charge is 0.456 e. The Kier molecular flexibility index (Phi) is 5.60. The lowest BCUT2D eigenvalue weighted by Crippen LogP contribution is -1.94. The molecule has 4 heterocycles. The number of furan rings is 2. The predicted octanol–water partition coefficient (Wildman–Crippen LogP) is 12.2. The van der Waals surface area contributed by atoms with E-state index in [0.29, 0.717) is 17.1 Å². The van der Waals surface area contributed by atoms with Crippen molar-refractivity contribution in [2.24, 2.45) is 0 Å². The molecule has 0 amide bonds. The Morgan fingerprint density at radius 2 is 1.04 bits per heavy atom. The minimum Gasteiger partial charge on any atom is -0.456 e. The van der Waals surface area contributed by atoms with Crippen molar-refractivity contribution in [1.82, 2.24) is 15.0 Å². The van der Waals surface area contributed by atoms with Gasteiger partial charge in [-0.2, -0.15) is 0 Å². The fraction of sp³-hybridized carbons (Fsp3) is 0. The van der Waals surface area contributed by atoms with Crippen LogP contribution in [0.2, 0.25) is 0 Å². The Hall–Kier alpha value is -6.85. The number of hydrogen-bond donors (Lipinski definition) is 0. The van der Waals surface area contributed by atoms with Gasteiger partial charge in [0.1, 0.15) is 22.3 Å². The summed E-state index contributed by atoms with van der Waals surface area (Å²) in [7, 11) is 0. The number of fused-ring (bicyclic) bond motifs is 13. The lowest BCUT2D eigenvalue weighted by molar-refractivity contribution is 0.668. The monoisotopic (exact) mass is 639 g/mol. The molecule has 5 heteroatoms. The summed E-state index contributed by atoms with van der Waals surface area (Å²) in [5.41, 5.74) is 7.78. The van der Waals surface area contributed by atoms with Crippen LogP contribution in [0, 0.1) is 0 Å². The Bertz CT molecular complexity index is 3210. The molecule has 0 radical (unpaired) electrons. The molecule has 4 aromatic heterocycles. The number of para-hydroxylation sites is 1. The fourth-order valence-corrected chi connectivity index (χ4v) is 7.57. The predicted molar refractivity (Wildman–Crippen MR) is 204 cm³/mol. The molecular weight excluding hydrogens is 615 g/mol. The first kappa shape index (κ1) is 27.1. The van der Waals surface area contributed by atoms with Crippen molar-refractivity contribution in [2.45, 2.75) is 0 Å². The van der Waals surface area contributed by atoms with Gasteiger partial charge in [-0.25, -0.2) is 15.0 Å². The van der Waals surface area contributed by atoms with E-state index in [1.165, 1.54) is 0 Å². The number of aromatic nitrogens is 3. The zero-order valence-electron chi connectivity index (χ0n) is 26.6. The van der Waals surface area contributed by atoms with Crippen LogP contribution >= 0.6 is 0 Å². The Morgan fingerprint density at radius 3 is 1.96 bits per heavy atom. The maximum Gasteiger partial charge on any atom is 0.164 e. The molecule has 0 aliphatic rings. The van der Waals surface area contributed by atoms with Crippen molar-refractivity contribution in [1.29, 1.82) is 0 Å². The van der Waals surface area contributed by atoms with Gasteiger partial charge >= 0.3 is 0 Å². The van der Waals surface area contributed by atoms with Crippen LogP contribution in [0.4, 0.5) is 0 Å². The van der Waals surface area contributed by atoms with Gasteiger partial charge in [0.25, 0.3) is 0 Å². The van der Waals surface area contributed by atoms with Crippen LogP contribution in [0.1, 0.15) is 0 Å². The van der Waals surface area contributed by atoms with E-state index in [-0.39, 0.29) is 0 Å². The second-order valence-corrected chi connectivity index (χ2v) is 12.8. The van der Waals surface area contributed by atoms with E-state index in [2.05, 4.69) is 91.0 Å². The zero-order valence-corrected chi connectivity index (χ0v) is 26.6. The number of hydrogen-bond acceptors (Lipinski definition) is 5. The molecule has 0 aliphatic carbocycles. The van der Waals surface area contributed by atoms with E-state index in [9.17, 15) is 0 Å². The second-order valence-electron chi connectivity index (χ2n) is 12.8. The van der Waals surface area contributed by atoms with Crippen molar-refractivity contribution in [3.8, 4) is 22.5 Å². The summed E-state index contributed by atoms with van der Waals surface area (Å²) in [5.74, 6) is 0.625. The molecule has 0 fully saturated rings. The maximum atomic E-state index is 6.43. The first-order valence-corrected chi connectivity index (χ1v) is 16.7. The summed E-state index contributed by atoms with van der Waals surface area (Å²) in [5, 5.41) is 10.5. The third-order valence-electron chi connectivity index (χ3n) is 9.88. The van der Waals surface area contributed by atoms with E-state index in [1.54, 1.807) is 0 Å². The molecule has 0 unspecified atom stereocenters. The van der Waals surface area contributed by atoms with Crippen molar-refractivity contribution in [3.05, 3.63) is 152 Å². The van der Waals surface area contributed by atoms with Gasteiger partial charge in [0, 0.05) is 37.9 Å². The first-order chi connectivity index (χ1) is 24.7. The van der Waals surface area contributed by atoms with Crippen molar-refractivity contribution in [3.63, 3.8) is 0 Å². The first-order valence-electron chi connectivity index (χ1n) is 16.7. The van der Waals surface area contributed by atoms with Crippen LogP contribution in [-0.2, 0) is 0 Å². The minimum absolute atomic E-state index is 0.609. The van der Waals surface area contributed by atoms with E-state index in [4.69, 9.17) is 23.8 Å². The molecule has 6 bridgehead atoms. The summed E-state index contributed by atoms with van der Waals surface area (Å²) in [4.78, 5) is 15.2. The third-order valence-corrected chi connectivity index (χ3v) is 9.88. The van der Waals surface area contributed by atoms with Crippen LogP contribution in [0.3, 0.4) is 0 Å². The highest BCUT2D eigenvalue weighted by Crippen LogP contribution is 2.40. The van der Waals surface area contributed by atoms with Gasteiger partial charge in [-0.3, -0.25) is 0 Å². The highest BCUT2D eigenvalue weighted by molar-refractivity contribution is 6.20. The molecule has 0 aliphatic heterocycles. The molecular formula is C45H25N3O2. The van der Waals surface area contributed by atoms with Crippen molar-refractivity contribution < 1.29 is 8.83 Å². The summed E-state index contributed by atoms with van der Waals surface area (Å²) < 4.78 is 12.7. The molecule has 0 atom stereocenters. The summed E-state index contributed by atoms with van der Waals surface area (Å²) in [6.45, 7) is 0. The van der Waals surface area contributed by atoms with Crippen LogP contribution in [0.25, 0.3) is 110 Å². The third kappa shape index (κ3) is 4.04. The average Bonchev–Trinajstić information content (AvgIpc) is 3.76. The molecule has 232 valence electrons. The number of nitrogens with zero attached hydrogens (tertiary/aromatic N) is 3. The molecule has 0 N–H and O–H groups in total. The van der Waals surface area contributed by atoms with Crippen molar-refractivity contribution >= 4 is 87.5 Å². The van der Waals surface area contributed by atoms with Gasteiger partial charge in [-0.15, -0.1) is 0 Å². The standard InChI is InChI=1S/C45H25N3O2/c1-2-9-26(10-3-1)43-46-44-30-12-6-11-27(23-30)35-24-29(32-14-7-17-39-41(32)33-13-4-5-16-37(33)49-39)19-21-31(35)28-20-22-38-36(25-28)42-34(45(47-43)48-44)15-8-18-40(42)50-38/h1-25H. The van der Waals surface area contributed by atoms with Crippen molar-refractivity contribution in [2.75, 3.05) is 0 Å². The van der Waals surface area contributed by atoms with Crippen LogP contribution < -0.4 is 0 Å². The van der Waals surface area contributed by atoms with Crippen LogP contribution in [0.5, 0.6) is 0 Å². The SMILES string of the molecule is c1ccc(-c2nc3nc(n2)c2cccc4oc5ccc(cc5c42)c2ccc(-c4cccc5oc6ccccc6c45)cc2c2cccc3c2)cc1. The van der Waals surface area contributed by atoms with Crippen LogP contribution in [-0.4, -0.2) is 15.0 Å². The lowest BCUT2D eigenvalue weighted by Gasteiger charge is -2.08. The van der Waals surface area contributed by atoms with Gasteiger partial charge in [-0.05, 0) is 75.1 Å². The van der Waals surface area contributed by atoms with E-state index < -0.39 is 0 Å².